The summed E-state index contributed by atoms with van der Waals surface area (Å²) in [5.41, 5.74) is 3.01. The van der Waals surface area contributed by atoms with Crippen LogP contribution in [-0.2, 0) is 9.53 Å². The van der Waals surface area contributed by atoms with Crippen molar-refractivity contribution in [3.8, 4) is 17.2 Å². The summed E-state index contributed by atoms with van der Waals surface area (Å²) in [5.74, 6) is 0.160. The molecule has 0 spiro atoms. The molecule has 3 aromatic carbocycles. The van der Waals surface area contributed by atoms with E-state index in [9.17, 15) is 14.4 Å². The average Bonchev–Trinajstić information content (AvgIpc) is 3.18. The van der Waals surface area contributed by atoms with E-state index in [2.05, 4.69) is 0 Å². The molecule has 5 rings (SSSR count). The van der Waals surface area contributed by atoms with Gasteiger partial charge in [-0.15, -0.1) is 0 Å². The molecule has 7 heteroatoms. The van der Waals surface area contributed by atoms with Crippen LogP contribution in [0.2, 0.25) is 0 Å². The summed E-state index contributed by atoms with van der Waals surface area (Å²) < 4.78 is 21.6. The first kappa shape index (κ1) is 21.5. The molecule has 0 aliphatic carbocycles. The van der Waals surface area contributed by atoms with E-state index in [1.54, 1.807) is 49.6 Å². The van der Waals surface area contributed by atoms with E-state index in [1.807, 2.05) is 24.3 Å². The number of rotatable bonds is 4. The molecule has 34 heavy (non-hydrogen) atoms. The summed E-state index contributed by atoms with van der Waals surface area (Å²) in [4.78, 5) is 37.1. The highest BCUT2D eigenvalue weighted by atomic mass is 16.5. The maximum atomic E-state index is 13.1. The molecule has 2 aliphatic rings. The van der Waals surface area contributed by atoms with E-state index in [0.717, 1.165) is 5.56 Å². The van der Waals surface area contributed by atoms with Gasteiger partial charge in [-0.05, 0) is 53.6 Å². The van der Waals surface area contributed by atoms with E-state index >= 15 is 0 Å². The van der Waals surface area contributed by atoms with Gasteiger partial charge in [0.25, 0.3) is 0 Å². The van der Waals surface area contributed by atoms with Crippen LogP contribution in [0.4, 0.5) is 0 Å². The topological polar surface area (TPSA) is 88.1 Å². The second-order valence-corrected chi connectivity index (χ2v) is 7.91. The fraction of sp³-hybridized carbons (Fsp3) is 0.148. The smallest absolute Gasteiger partial charge is 0.337 e. The van der Waals surface area contributed by atoms with E-state index < -0.39 is 5.97 Å². The van der Waals surface area contributed by atoms with Gasteiger partial charge in [0.2, 0.25) is 5.78 Å². The van der Waals surface area contributed by atoms with Crippen molar-refractivity contribution in [2.75, 3.05) is 14.2 Å². The summed E-state index contributed by atoms with van der Waals surface area (Å²) in [6.07, 6.45) is 1.73. The predicted molar refractivity (Wildman–Crippen MR) is 122 cm³/mol. The van der Waals surface area contributed by atoms with E-state index in [4.69, 9.17) is 18.9 Å². The van der Waals surface area contributed by atoms with Gasteiger partial charge in [-0.1, -0.05) is 24.3 Å². The number of esters is 2. The monoisotopic (exact) mass is 456 g/mol. The number of benzene rings is 3. The number of carbonyl (C=O) groups excluding carboxylic acids is 3. The highest BCUT2D eigenvalue weighted by molar-refractivity contribution is 6.15. The van der Waals surface area contributed by atoms with Crippen LogP contribution in [0.5, 0.6) is 17.2 Å². The van der Waals surface area contributed by atoms with Crippen LogP contribution >= 0.6 is 0 Å². The third kappa shape index (κ3) is 3.71. The number of hydrogen-bond donors (Lipinski definition) is 0. The Kier molecular flexibility index (Phi) is 5.37. The van der Waals surface area contributed by atoms with Crippen LogP contribution in [0, 0.1) is 0 Å². The van der Waals surface area contributed by atoms with Crippen molar-refractivity contribution < 1.29 is 33.3 Å². The van der Waals surface area contributed by atoms with Crippen molar-refractivity contribution in [1.82, 2.24) is 0 Å². The number of carbonyl (C=O) groups is 3. The quantitative estimate of drug-likeness (QED) is 0.324. The van der Waals surface area contributed by atoms with Crippen molar-refractivity contribution in [2.24, 2.45) is 0 Å². The van der Waals surface area contributed by atoms with Crippen LogP contribution < -0.4 is 14.2 Å². The number of hydrogen-bond acceptors (Lipinski definition) is 7. The Bertz CT molecular complexity index is 1350. The molecule has 1 atom stereocenters. The van der Waals surface area contributed by atoms with Gasteiger partial charge in [0.1, 0.15) is 17.2 Å². The zero-order chi connectivity index (χ0) is 23.8. The molecule has 0 N–H and O–H groups in total. The first-order valence-corrected chi connectivity index (χ1v) is 10.6. The maximum absolute atomic E-state index is 13.1. The van der Waals surface area contributed by atoms with Gasteiger partial charge < -0.3 is 18.9 Å². The second-order valence-electron chi connectivity index (χ2n) is 7.91. The SMILES string of the molecule is COC(=O)c1ccc(/C=C2\Oc3c(ccc4c3[C@H](c3cccc(OC)c3)CC(=O)O4)C2=O)cc1. The molecule has 0 fully saturated rings. The summed E-state index contributed by atoms with van der Waals surface area (Å²) in [6, 6.07) is 17.3. The molecular formula is C27H20O7. The van der Waals surface area contributed by atoms with Gasteiger partial charge in [0.05, 0.1) is 31.8 Å². The van der Waals surface area contributed by atoms with Crippen LogP contribution in [0.15, 0.2) is 66.4 Å². The van der Waals surface area contributed by atoms with Gasteiger partial charge >= 0.3 is 11.9 Å². The van der Waals surface area contributed by atoms with Crippen molar-refractivity contribution in [1.29, 1.82) is 0 Å². The number of methoxy groups -OCH3 is 2. The number of Topliss-reactive ketones (excluding diaryl/α,β-unsaturated/α-hetero) is 1. The molecule has 0 amide bonds. The molecular weight excluding hydrogens is 436 g/mol. The molecule has 0 aromatic heterocycles. The minimum Gasteiger partial charge on any atom is -0.497 e. The van der Waals surface area contributed by atoms with Gasteiger partial charge in [-0.25, -0.2) is 4.79 Å². The van der Waals surface area contributed by atoms with Gasteiger partial charge in [-0.2, -0.15) is 0 Å². The Balaban J connectivity index is 1.54. The number of ether oxygens (including phenoxy) is 4. The number of fused-ring (bicyclic) bond motifs is 3. The standard InChI is InChI=1S/C27H20O7/c1-31-18-5-3-4-17(13-18)20-14-23(28)33-21-11-10-19-25(29)22(34-26(19)24(20)21)12-15-6-8-16(9-7-15)27(30)32-2/h3-13,20H,14H2,1-2H3/b22-12-/t20-/m0/s1. The lowest BCUT2D eigenvalue weighted by Gasteiger charge is -2.26. The molecule has 0 unspecified atom stereocenters. The van der Waals surface area contributed by atoms with Crippen LogP contribution in [-0.4, -0.2) is 31.9 Å². The Morgan fingerprint density at radius 1 is 1.00 bits per heavy atom. The normalized spacial score (nSPS) is 17.5. The van der Waals surface area contributed by atoms with Crippen molar-refractivity contribution in [2.45, 2.75) is 12.3 Å². The Morgan fingerprint density at radius 2 is 1.79 bits per heavy atom. The third-order valence-electron chi connectivity index (χ3n) is 5.91. The molecule has 7 nitrogen and oxygen atoms in total. The largest absolute Gasteiger partial charge is 0.497 e. The first-order chi connectivity index (χ1) is 16.5. The van der Waals surface area contributed by atoms with Crippen LogP contribution in [0.3, 0.4) is 0 Å². The Labute approximate surface area is 195 Å². The Morgan fingerprint density at radius 3 is 2.53 bits per heavy atom. The highest BCUT2D eigenvalue weighted by Gasteiger charge is 2.38. The van der Waals surface area contributed by atoms with E-state index in [-0.39, 0.29) is 29.9 Å². The molecule has 0 bridgehead atoms. The van der Waals surface area contributed by atoms with Crippen LogP contribution in [0.1, 0.15) is 49.7 Å². The number of allylic oxidation sites excluding steroid dienone is 1. The summed E-state index contributed by atoms with van der Waals surface area (Å²) in [5, 5.41) is 0. The third-order valence-corrected chi connectivity index (χ3v) is 5.91. The fourth-order valence-electron chi connectivity index (χ4n) is 4.23. The Hall–Kier alpha value is -4.39. The molecule has 170 valence electrons. The summed E-state index contributed by atoms with van der Waals surface area (Å²) >= 11 is 0. The minimum atomic E-state index is -0.440. The first-order valence-electron chi connectivity index (χ1n) is 10.6. The van der Waals surface area contributed by atoms with Gasteiger partial charge in [-0.3, -0.25) is 9.59 Å². The molecule has 0 saturated heterocycles. The van der Waals surface area contributed by atoms with Crippen molar-refractivity contribution in [3.63, 3.8) is 0 Å². The van der Waals surface area contributed by atoms with Crippen LogP contribution in [0.25, 0.3) is 6.08 Å². The average molecular weight is 456 g/mol. The summed E-state index contributed by atoms with van der Waals surface area (Å²) in [6.45, 7) is 0. The lowest BCUT2D eigenvalue weighted by molar-refractivity contribution is -0.135. The van der Waals surface area contributed by atoms with Gasteiger partial charge in [0.15, 0.2) is 5.76 Å². The fourth-order valence-corrected chi connectivity index (χ4v) is 4.23. The lowest BCUT2D eigenvalue weighted by atomic mass is 9.84. The van der Waals surface area contributed by atoms with Crippen molar-refractivity contribution >= 4 is 23.8 Å². The maximum Gasteiger partial charge on any atom is 0.337 e. The zero-order valence-corrected chi connectivity index (χ0v) is 18.5. The van der Waals surface area contributed by atoms with E-state index in [1.165, 1.54) is 7.11 Å². The lowest BCUT2D eigenvalue weighted by Crippen LogP contribution is -2.21. The molecule has 3 aromatic rings. The second kappa shape index (κ2) is 8.51. The van der Waals surface area contributed by atoms with Crippen molar-refractivity contribution in [3.05, 3.63) is 94.2 Å². The molecule has 2 aliphatic heterocycles. The van der Waals surface area contributed by atoms with E-state index in [0.29, 0.717) is 39.5 Å². The highest BCUT2D eigenvalue weighted by Crippen LogP contribution is 2.49. The molecule has 2 heterocycles. The molecule has 0 radical (unpaired) electrons. The minimum absolute atomic E-state index is 0.113. The molecule has 0 saturated carbocycles. The zero-order valence-electron chi connectivity index (χ0n) is 18.5. The summed E-state index contributed by atoms with van der Waals surface area (Å²) in [7, 11) is 2.90. The predicted octanol–water partition coefficient (Wildman–Crippen LogP) is 4.54. The number of ketones is 1. The van der Waals surface area contributed by atoms with Gasteiger partial charge in [0, 0.05) is 11.5 Å².